The van der Waals surface area contributed by atoms with Gasteiger partial charge in [0.2, 0.25) is 0 Å². The van der Waals surface area contributed by atoms with Crippen molar-refractivity contribution in [1.82, 2.24) is 4.98 Å². The Kier molecular flexibility index (Phi) is 3.99. The number of pyridine rings is 1. The zero-order valence-electron chi connectivity index (χ0n) is 10.8. The summed E-state index contributed by atoms with van der Waals surface area (Å²) in [6.45, 7) is 0.563. The lowest BCUT2D eigenvalue weighted by Gasteiger charge is -2.30. The maximum atomic E-state index is 12.7. The predicted octanol–water partition coefficient (Wildman–Crippen LogP) is 2.66. The monoisotopic (exact) mass is 273 g/mol. The fourth-order valence-corrected chi connectivity index (χ4v) is 2.76. The minimum Gasteiger partial charge on any atom is -0.356 e. The van der Waals surface area contributed by atoms with Gasteiger partial charge in [0, 0.05) is 19.3 Å². The summed E-state index contributed by atoms with van der Waals surface area (Å²) < 4.78 is 38.1. The van der Waals surface area contributed by atoms with E-state index in [4.69, 9.17) is 5.73 Å². The number of halogens is 3. The van der Waals surface area contributed by atoms with E-state index in [2.05, 4.69) is 4.98 Å². The third-order valence-corrected chi connectivity index (χ3v) is 3.85. The molecule has 1 aliphatic rings. The second-order valence-electron chi connectivity index (χ2n) is 5.01. The fraction of sp³-hybridized carbons (Fsp3) is 0.615. The molecule has 2 atom stereocenters. The molecule has 1 fully saturated rings. The first-order chi connectivity index (χ1) is 8.93. The van der Waals surface area contributed by atoms with Crippen LogP contribution in [0.4, 0.5) is 19.0 Å². The lowest BCUT2D eigenvalue weighted by atomic mass is 10.0. The molecule has 1 aromatic rings. The molecule has 6 heteroatoms. The van der Waals surface area contributed by atoms with Gasteiger partial charge in [0.1, 0.15) is 5.82 Å². The van der Waals surface area contributed by atoms with E-state index in [1.54, 1.807) is 7.05 Å². The molecule has 0 aromatic carbocycles. The van der Waals surface area contributed by atoms with Gasteiger partial charge in [0.05, 0.1) is 5.56 Å². The van der Waals surface area contributed by atoms with Gasteiger partial charge < -0.3 is 10.6 Å². The van der Waals surface area contributed by atoms with Crippen LogP contribution in [-0.4, -0.2) is 24.6 Å². The van der Waals surface area contributed by atoms with E-state index in [1.807, 2.05) is 4.90 Å². The number of anilines is 1. The Labute approximate surface area is 110 Å². The van der Waals surface area contributed by atoms with Crippen molar-refractivity contribution in [3.63, 3.8) is 0 Å². The van der Waals surface area contributed by atoms with E-state index >= 15 is 0 Å². The molecular formula is C13H18F3N3. The van der Waals surface area contributed by atoms with Gasteiger partial charge in [-0.1, -0.05) is 6.42 Å². The smallest absolute Gasteiger partial charge is 0.356 e. The summed E-state index contributed by atoms with van der Waals surface area (Å²) in [6.07, 6.45) is -0.0703. The van der Waals surface area contributed by atoms with Gasteiger partial charge in [-0.25, -0.2) is 4.98 Å². The average molecular weight is 273 g/mol. The molecule has 0 bridgehead atoms. The van der Waals surface area contributed by atoms with Gasteiger partial charge in [0.25, 0.3) is 0 Å². The van der Waals surface area contributed by atoms with E-state index in [1.165, 1.54) is 6.20 Å². The summed E-state index contributed by atoms with van der Waals surface area (Å²) in [4.78, 5) is 5.88. The molecular weight excluding hydrogens is 255 g/mol. The van der Waals surface area contributed by atoms with Crippen LogP contribution in [0.2, 0.25) is 0 Å². The van der Waals surface area contributed by atoms with E-state index in [9.17, 15) is 13.2 Å². The summed E-state index contributed by atoms with van der Waals surface area (Å²) in [7, 11) is 1.79. The van der Waals surface area contributed by atoms with Crippen molar-refractivity contribution < 1.29 is 13.2 Å². The molecule has 19 heavy (non-hydrogen) atoms. The van der Waals surface area contributed by atoms with Crippen LogP contribution in [0.15, 0.2) is 18.3 Å². The van der Waals surface area contributed by atoms with Crippen molar-refractivity contribution in [2.75, 3.05) is 18.5 Å². The largest absolute Gasteiger partial charge is 0.416 e. The van der Waals surface area contributed by atoms with Crippen molar-refractivity contribution >= 4 is 5.82 Å². The third kappa shape index (κ3) is 3.00. The van der Waals surface area contributed by atoms with Gasteiger partial charge in [0.15, 0.2) is 0 Å². The molecule has 2 unspecified atom stereocenters. The topological polar surface area (TPSA) is 42.2 Å². The van der Waals surface area contributed by atoms with Crippen LogP contribution in [0, 0.1) is 5.92 Å². The minimum absolute atomic E-state index is 0.181. The highest BCUT2D eigenvalue weighted by Gasteiger charge is 2.33. The number of rotatable bonds is 3. The van der Waals surface area contributed by atoms with Gasteiger partial charge in [-0.2, -0.15) is 13.2 Å². The van der Waals surface area contributed by atoms with Crippen molar-refractivity contribution in [3.05, 3.63) is 23.9 Å². The van der Waals surface area contributed by atoms with E-state index in [0.717, 1.165) is 31.4 Å². The molecule has 0 radical (unpaired) electrons. The van der Waals surface area contributed by atoms with Crippen molar-refractivity contribution in [2.24, 2.45) is 11.7 Å². The van der Waals surface area contributed by atoms with Crippen LogP contribution >= 0.6 is 0 Å². The summed E-state index contributed by atoms with van der Waals surface area (Å²) in [5.41, 5.74) is 5.05. The molecule has 0 spiro atoms. The third-order valence-electron chi connectivity index (χ3n) is 3.85. The zero-order valence-corrected chi connectivity index (χ0v) is 10.8. The normalized spacial score (nSPS) is 23.6. The Morgan fingerprint density at radius 2 is 2.16 bits per heavy atom. The van der Waals surface area contributed by atoms with Gasteiger partial charge in [-0.3, -0.25) is 0 Å². The molecule has 3 nitrogen and oxygen atoms in total. The van der Waals surface area contributed by atoms with Gasteiger partial charge in [-0.05, 0) is 37.4 Å². The average Bonchev–Trinajstić information content (AvgIpc) is 2.85. The van der Waals surface area contributed by atoms with Crippen molar-refractivity contribution in [1.29, 1.82) is 0 Å². The Hall–Kier alpha value is -1.30. The molecule has 0 amide bonds. The quantitative estimate of drug-likeness (QED) is 0.920. The zero-order chi connectivity index (χ0) is 14.0. The highest BCUT2D eigenvalue weighted by atomic mass is 19.4. The summed E-state index contributed by atoms with van der Waals surface area (Å²) >= 11 is 0. The van der Waals surface area contributed by atoms with Crippen molar-refractivity contribution in [2.45, 2.75) is 31.5 Å². The number of alkyl halides is 3. The number of nitrogens with two attached hydrogens (primary N) is 1. The molecule has 0 saturated heterocycles. The fourth-order valence-electron chi connectivity index (χ4n) is 2.76. The van der Waals surface area contributed by atoms with Crippen LogP contribution in [-0.2, 0) is 6.18 Å². The van der Waals surface area contributed by atoms with Crippen molar-refractivity contribution in [3.8, 4) is 0 Å². The standard InChI is InChI=1S/C13H18F3N3/c1-19(11-4-2-3-9(11)8-17)12-7-10(5-6-18-12)13(14,15)16/h5-7,9,11H,2-4,8,17H2,1H3. The van der Waals surface area contributed by atoms with Crippen LogP contribution in [0.25, 0.3) is 0 Å². The van der Waals surface area contributed by atoms with Gasteiger partial charge >= 0.3 is 6.18 Å². The van der Waals surface area contributed by atoms with Crippen LogP contribution in [0.5, 0.6) is 0 Å². The predicted molar refractivity (Wildman–Crippen MR) is 67.8 cm³/mol. The minimum atomic E-state index is -4.33. The first-order valence-electron chi connectivity index (χ1n) is 6.39. The number of aromatic nitrogens is 1. The van der Waals surface area contributed by atoms with Gasteiger partial charge in [-0.15, -0.1) is 0 Å². The maximum absolute atomic E-state index is 12.7. The molecule has 0 aliphatic heterocycles. The lowest BCUT2D eigenvalue weighted by molar-refractivity contribution is -0.137. The summed E-state index contributed by atoms with van der Waals surface area (Å²) in [5.74, 6) is 0.696. The van der Waals surface area contributed by atoms with E-state index < -0.39 is 11.7 Å². The molecule has 106 valence electrons. The molecule has 1 aromatic heterocycles. The number of hydrogen-bond acceptors (Lipinski definition) is 3. The van der Waals surface area contributed by atoms with E-state index in [-0.39, 0.29) is 6.04 Å². The number of hydrogen-bond donors (Lipinski definition) is 1. The molecule has 1 heterocycles. The maximum Gasteiger partial charge on any atom is 0.416 e. The molecule has 1 aliphatic carbocycles. The second-order valence-corrected chi connectivity index (χ2v) is 5.01. The lowest BCUT2D eigenvalue weighted by Crippen LogP contribution is -2.38. The highest BCUT2D eigenvalue weighted by molar-refractivity contribution is 5.42. The highest BCUT2D eigenvalue weighted by Crippen LogP contribution is 2.34. The SMILES string of the molecule is CN(c1cc(C(F)(F)F)ccn1)C1CCCC1CN. The Morgan fingerprint density at radius 1 is 1.42 bits per heavy atom. The first-order valence-corrected chi connectivity index (χ1v) is 6.39. The van der Waals surface area contributed by atoms with Crippen LogP contribution in [0.1, 0.15) is 24.8 Å². The molecule has 1 saturated carbocycles. The van der Waals surface area contributed by atoms with Crippen LogP contribution in [0.3, 0.4) is 0 Å². The van der Waals surface area contributed by atoms with Crippen LogP contribution < -0.4 is 10.6 Å². The molecule has 2 rings (SSSR count). The Bertz CT molecular complexity index is 433. The summed E-state index contributed by atoms with van der Waals surface area (Å²) in [5, 5.41) is 0. The Balaban J connectivity index is 2.22. The van der Waals surface area contributed by atoms with E-state index in [0.29, 0.717) is 18.3 Å². The first kappa shape index (κ1) is 14.1. The second kappa shape index (κ2) is 5.36. The molecule has 2 N–H and O–H groups in total. The number of nitrogens with zero attached hydrogens (tertiary/aromatic N) is 2. The Morgan fingerprint density at radius 3 is 2.79 bits per heavy atom. The summed E-state index contributed by atoms with van der Waals surface area (Å²) in [6, 6.07) is 2.28.